The Morgan fingerprint density at radius 1 is 0.970 bits per heavy atom. The molecule has 0 atom stereocenters. The molecule has 0 amide bonds. The highest BCUT2D eigenvalue weighted by molar-refractivity contribution is 8.08. The summed E-state index contributed by atoms with van der Waals surface area (Å²) in [7, 11) is 3.20. The molecule has 10 nitrogen and oxygen atoms in total. The molecular weight excluding hydrogens is 444 g/mol. The summed E-state index contributed by atoms with van der Waals surface area (Å²) in [6.07, 6.45) is 1.81. The number of hydrogen-bond acceptors (Lipinski definition) is 9. The van der Waals surface area contributed by atoms with Gasteiger partial charge in [0.2, 0.25) is 10.8 Å². The van der Waals surface area contributed by atoms with Gasteiger partial charge in [0, 0.05) is 17.0 Å². The minimum absolute atomic E-state index is 0.174. The summed E-state index contributed by atoms with van der Waals surface area (Å²) in [5.41, 5.74) is 2.06. The molecule has 0 fully saturated rings. The second kappa shape index (κ2) is 8.43. The summed E-state index contributed by atoms with van der Waals surface area (Å²) in [5.74, 6) is 1.39. The van der Waals surface area contributed by atoms with Gasteiger partial charge in [-0.1, -0.05) is 12.1 Å². The van der Waals surface area contributed by atoms with Gasteiger partial charge in [0.15, 0.2) is 17.5 Å². The average molecular weight is 462 g/mol. The highest BCUT2D eigenvalue weighted by atomic mass is 32.2. The average Bonchev–Trinajstić information content (AvgIpc) is 3.33. The first-order valence-electron chi connectivity index (χ1n) is 9.86. The quantitative estimate of drug-likeness (QED) is 0.415. The lowest BCUT2D eigenvalue weighted by atomic mass is 10.1. The maximum Gasteiger partial charge on any atom is 0.290 e. The number of hydrogen-bond donors (Lipinski definition) is 0. The maximum absolute atomic E-state index is 12.8. The number of thioether (sulfide) groups is 1. The van der Waals surface area contributed by atoms with Crippen LogP contribution in [0.3, 0.4) is 0 Å². The molecule has 0 N–H and O–H groups in total. The lowest BCUT2D eigenvalue weighted by Gasteiger charge is -2.06. The first-order valence-corrected chi connectivity index (χ1v) is 10.7. The van der Waals surface area contributed by atoms with E-state index < -0.39 is 5.95 Å². The van der Waals surface area contributed by atoms with Gasteiger partial charge in [-0.05, 0) is 59.3 Å². The number of nitrogens with zero attached hydrogens (tertiary/aromatic N) is 6. The van der Waals surface area contributed by atoms with Crippen molar-refractivity contribution in [2.45, 2.75) is 12.1 Å². The highest BCUT2D eigenvalue weighted by Crippen LogP contribution is 2.36. The third-order valence-electron chi connectivity index (χ3n) is 4.99. The molecule has 33 heavy (non-hydrogen) atoms. The number of allylic oxidation sites excluding steroid dienone is 1. The molecule has 0 spiro atoms. The zero-order valence-corrected chi connectivity index (χ0v) is 18.7. The number of rotatable bonds is 5. The van der Waals surface area contributed by atoms with E-state index in [9.17, 15) is 5.11 Å². The van der Waals surface area contributed by atoms with Crippen LogP contribution in [0.2, 0.25) is 0 Å². The van der Waals surface area contributed by atoms with Crippen molar-refractivity contribution in [3.63, 3.8) is 0 Å². The third-order valence-corrected chi connectivity index (χ3v) is 6.00. The van der Waals surface area contributed by atoms with Crippen molar-refractivity contribution in [3.8, 4) is 23.1 Å². The van der Waals surface area contributed by atoms with Crippen LogP contribution in [0.5, 0.6) is 17.4 Å². The van der Waals surface area contributed by atoms with E-state index in [1.165, 1.54) is 16.4 Å². The summed E-state index contributed by atoms with van der Waals surface area (Å²) < 4.78 is 18.5. The second-order valence-electron chi connectivity index (χ2n) is 6.98. The lowest BCUT2D eigenvalue weighted by Crippen LogP contribution is -2.39. The highest BCUT2D eigenvalue weighted by Gasteiger charge is 2.28. The maximum atomic E-state index is 12.8. The number of aromatic nitrogens is 5. The van der Waals surface area contributed by atoms with E-state index in [2.05, 4.69) is 20.6 Å². The SMILES string of the molecule is COc1ccc(C2=CC(c3c([O-])on[n+]3-c3ccc(OC)cc3)=Nn3c(C)nnc3S2)cc1. The Morgan fingerprint density at radius 2 is 1.64 bits per heavy atom. The van der Waals surface area contributed by atoms with Gasteiger partial charge in [0.1, 0.15) is 11.5 Å². The molecule has 0 saturated heterocycles. The number of fused-ring (bicyclic) bond motifs is 1. The molecule has 11 heteroatoms. The molecule has 0 unspecified atom stereocenters. The van der Waals surface area contributed by atoms with Gasteiger partial charge >= 0.3 is 0 Å². The molecule has 0 bridgehead atoms. The van der Waals surface area contributed by atoms with Crippen LogP contribution in [0.25, 0.3) is 10.6 Å². The molecule has 166 valence electrons. The van der Waals surface area contributed by atoms with Gasteiger partial charge in [-0.2, -0.15) is 9.78 Å². The first-order chi connectivity index (χ1) is 16.1. The Labute approximate surface area is 192 Å². The van der Waals surface area contributed by atoms with Crippen LogP contribution in [-0.4, -0.2) is 40.1 Å². The van der Waals surface area contributed by atoms with Gasteiger partial charge in [0.05, 0.1) is 19.5 Å². The topological polar surface area (TPSA) is 114 Å². The largest absolute Gasteiger partial charge is 0.539 e. The van der Waals surface area contributed by atoms with E-state index in [4.69, 9.17) is 14.0 Å². The standard InChI is InChI=1S/C22H18N6O4S/c1-13-23-24-22-27(13)25-18(12-19(33-22)14-4-8-16(30-2)9-5-14)20-21(29)32-26-28(20)15-6-10-17(31-3)11-7-15/h4-12H,1-3H3. The van der Waals surface area contributed by atoms with E-state index in [1.807, 2.05) is 30.3 Å². The smallest absolute Gasteiger partial charge is 0.290 e. The number of benzene rings is 2. The number of methoxy groups -OCH3 is 2. The monoisotopic (exact) mass is 462 g/mol. The van der Waals surface area contributed by atoms with Crippen molar-refractivity contribution >= 4 is 22.4 Å². The van der Waals surface area contributed by atoms with Crippen LogP contribution in [0.1, 0.15) is 17.1 Å². The zero-order chi connectivity index (χ0) is 22.9. The Hall–Kier alpha value is -4.12. The number of aryl methyl sites for hydroxylation is 1. The number of ether oxygens (including phenoxy) is 2. The summed E-state index contributed by atoms with van der Waals surface area (Å²) in [6.45, 7) is 1.79. The molecule has 0 aliphatic carbocycles. The molecule has 2 aromatic heterocycles. The Bertz CT molecular complexity index is 1370. The van der Waals surface area contributed by atoms with E-state index in [0.717, 1.165) is 16.2 Å². The molecule has 0 saturated carbocycles. The fraction of sp³-hybridized carbons (Fsp3) is 0.136. The fourth-order valence-electron chi connectivity index (χ4n) is 3.28. The van der Waals surface area contributed by atoms with Crippen LogP contribution in [0.15, 0.2) is 69.4 Å². The van der Waals surface area contributed by atoms with Gasteiger partial charge in [-0.15, -0.1) is 10.2 Å². The molecule has 4 aromatic rings. The third kappa shape index (κ3) is 3.82. The van der Waals surface area contributed by atoms with Crippen LogP contribution in [0.4, 0.5) is 0 Å². The Morgan fingerprint density at radius 3 is 2.30 bits per heavy atom. The van der Waals surface area contributed by atoms with E-state index in [0.29, 0.717) is 28.1 Å². The van der Waals surface area contributed by atoms with E-state index in [-0.39, 0.29) is 5.69 Å². The zero-order valence-electron chi connectivity index (χ0n) is 17.9. The molecule has 0 radical (unpaired) electrons. The summed E-state index contributed by atoms with van der Waals surface area (Å²) in [6, 6.07) is 14.7. The van der Waals surface area contributed by atoms with Crippen LogP contribution >= 0.6 is 11.8 Å². The van der Waals surface area contributed by atoms with Crippen molar-refractivity contribution in [2.75, 3.05) is 14.2 Å². The predicted molar refractivity (Wildman–Crippen MR) is 118 cm³/mol. The lowest BCUT2D eigenvalue weighted by molar-refractivity contribution is -0.671. The van der Waals surface area contributed by atoms with Gasteiger partial charge in [-0.25, -0.2) is 0 Å². The van der Waals surface area contributed by atoms with Gasteiger partial charge in [0.25, 0.3) is 5.69 Å². The molecule has 5 rings (SSSR count). The normalized spacial score (nSPS) is 13.1. The van der Waals surface area contributed by atoms with Crippen LogP contribution < -0.4 is 19.3 Å². The first kappa shape index (κ1) is 20.8. The van der Waals surface area contributed by atoms with E-state index >= 15 is 0 Å². The van der Waals surface area contributed by atoms with Crippen LogP contribution in [-0.2, 0) is 0 Å². The van der Waals surface area contributed by atoms with Gasteiger partial charge in [-0.3, -0.25) is 0 Å². The van der Waals surface area contributed by atoms with Crippen LogP contribution in [0, 0.1) is 6.92 Å². The molecular formula is C22H18N6O4S. The second-order valence-corrected chi connectivity index (χ2v) is 7.99. The molecule has 1 aliphatic heterocycles. The van der Waals surface area contributed by atoms with Gasteiger partial charge < -0.3 is 19.1 Å². The Balaban J connectivity index is 1.67. The van der Waals surface area contributed by atoms with Crippen molar-refractivity contribution in [2.24, 2.45) is 5.10 Å². The summed E-state index contributed by atoms with van der Waals surface area (Å²) in [4.78, 5) is 0.824. The predicted octanol–water partition coefficient (Wildman–Crippen LogP) is 2.34. The summed E-state index contributed by atoms with van der Waals surface area (Å²) in [5, 5.41) is 30.3. The minimum Gasteiger partial charge on any atom is -0.539 e. The van der Waals surface area contributed by atoms with Crippen molar-refractivity contribution in [1.82, 2.24) is 20.1 Å². The molecule has 2 aromatic carbocycles. The minimum atomic E-state index is -0.617. The molecule has 3 heterocycles. The fourth-order valence-corrected chi connectivity index (χ4v) is 4.24. The Kier molecular flexibility index (Phi) is 5.31. The summed E-state index contributed by atoms with van der Waals surface area (Å²) >= 11 is 1.39. The van der Waals surface area contributed by atoms with Crippen molar-refractivity contribution in [1.29, 1.82) is 0 Å². The van der Waals surface area contributed by atoms with E-state index in [1.54, 1.807) is 50.1 Å². The molecule has 1 aliphatic rings. The van der Waals surface area contributed by atoms with Crippen molar-refractivity contribution < 1.29 is 23.8 Å². The van der Waals surface area contributed by atoms with Crippen molar-refractivity contribution in [3.05, 3.63) is 71.7 Å².